The highest BCUT2D eigenvalue weighted by Crippen LogP contribution is 2.30. The van der Waals surface area contributed by atoms with Gasteiger partial charge in [0.05, 0.1) is 51.6 Å². The molecule has 2 aromatic carbocycles. The lowest BCUT2D eigenvalue weighted by Crippen LogP contribution is -2.38. The van der Waals surface area contributed by atoms with Crippen molar-refractivity contribution in [2.75, 3.05) is 64.6 Å². The van der Waals surface area contributed by atoms with Gasteiger partial charge in [0.2, 0.25) is 0 Å². The van der Waals surface area contributed by atoms with E-state index < -0.39 is 0 Å². The van der Waals surface area contributed by atoms with Crippen molar-refractivity contribution in [3.05, 3.63) is 89.5 Å². The maximum absolute atomic E-state index is 5.53. The van der Waals surface area contributed by atoms with Gasteiger partial charge in [0.15, 0.2) is 5.13 Å². The highest BCUT2D eigenvalue weighted by Gasteiger charge is 2.22. The molecule has 1 atom stereocenters. The molecule has 0 aliphatic carbocycles. The Bertz CT molecular complexity index is 1310. The van der Waals surface area contributed by atoms with Crippen molar-refractivity contribution in [1.82, 2.24) is 24.8 Å². The van der Waals surface area contributed by atoms with Crippen LogP contribution in [0.5, 0.6) is 5.75 Å². The Hall–Kier alpha value is -3.28. The third-order valence-electron chi connectivity index (χ3n) is 7.24. The van der Waals surface area contributed by atoms with Gasteiger partial charge in [-0.1, -0.05) is 24.3 Å². The van der Waals surface area contributed by atoms with Gasteiger partial charge < -0.3 is 29.0 Å². The molecule has 2 aromatic heterocycles. The van der Waals surface area contributed by atoms with E-state index in [9.17, 15) is 0 Å². The van der Waals surface area contributed by atoms with Crippen LogP contribution >= 0.6 is 11.3 Å². The van der Waals surface area contributed by atoms with Crippen molar-refractivity contribution in [2.24, 2.45) is 0 Å². The fraction of sp³-hybridized carbons (Fsp3) is 0.419. The molecule has 2 saturated heterocycles. The largest absolute Gasteiger partial charge is 0.497 e. The molecule has 2 aliphatic heterocycles. The van der Waals surface area contributed by atoms with Gasteiger partial charge in [-0.05, 0) is 42.3 Å². The van der Waals surface area contributed by atoms with Crippen LogP contribution in [-0.2, 0) is 22.6 Å². The van der Waals surface area contributed by atoms with Crippen molar-refractivity contribution in [3.63, 3.8) is 0 Å². The minimum atomic E-state index is 0.270. The van der Waals surface area contributed by atoms with Crippen LogP contribution in [0.2, 0.25) is 0 Å². The Morgan fingerprint density at radius 1 is 1.00 bits per heavy atom. The predicted octanol–water partition coefficient (Wildman–Crippen LogP) is 4.54. The second-order valence-electron chi connectivity index (χ2n) is 10.1. The van der Waals surface area contributed by atoms with Gasteiger partial charge >= 0.3 is 0 Å². The number of aromatic nitrogens is 3. The van der Waals surface area contributed by atoms with E-state index in [2.05, 4.69) is 68.8 Å². The standard InChI is InChI=1S/C27H31N5O2S.C4H9NO/c1-21(30-11-13-34-14-12-30)26-19-35-27(29-26)32(18-23-6-4-8-25(16-23)33-2)17-22-5-3-7-24(15-22)31-10-9-28-20-31;1-3-6-4-2-5-1/h3-10,15-16,19-21H,11-14,17-18H2,1-2H3;5H,1-4H2. The first-order valence-electron chi connectivity index (χ1n) is 14.2. The Labute approximate surface area is 246 Å². The number of rotatable bonds is 9. The van der Waals surface area contributed by atoms with E-state index in [4.69, 9.17) is 19.2 Å². The summed E-state index contributed by atoms with van der Waals surface area (Å²) in [6.07, 6.45) is 5.59. The van der Waals surface area contributed by atoms with Gasteiger partial charge in [-0.15, -0.1) is 11.3 Å². The number of nitrogens with one attached hydrogen (secondary N) is 1. The number of ether oxygens (including phenoxy) is 3. The summed E-state index contributed by atoms with van der Waals surface area (Å²) in [5.74, 6) is 0.866. The number of hydrogen-bond acceptors (Lipinski definition) is 9. The van der Waals surface area contributed by atoms with Crippen LogP contribution in [0.25, 0.3) is 5.69 Å². The van der Waals surface area contributed by atoms with Gasteiger partial charge in [-0.3, -0.25) is 4.90 Å². The van der Waals surface area contributed by atoms with Crippen LogP contribution in [-0.4, -0.2) is 79.2 Å². The lowest BCUT2D eigenvalue weighted by Gasteiger charge is -2.31. The van der Waals surface area contributed by atoms with Crippen LogP contribution in [0.4, 0.5) is 5.13 Å². The molecule has 0 amide bonds. The molecule has 10 heteroatoms. The SMILES string of the molecule is C1COCCN1.COc1cccc(CN(Cc2cccc(-n3ccnc3)c2)c2nc(C(C)N3CCOCC3)cs2)c1. The first-order chi connectivity index (χ1) is 20.2. The first-order valence-corrected chi connectivity index (χ1v) is 15.1. The fourth-order valence-corrected chi connectivity index (χ4v) is 5.82. The van der Waals surface area contributed by atoms with Crippen molar-refractivity contribution in [2.45, 2.75) is 26.1 Å². The van der Waals surface area contributed by atoms with E-state index in [1.807, 2.05) is 29.2 Å². The van der Waals surface area contributed by atoms with Crippen molar-refractivity contribution in [3.8, 4) is 11.4 Å². The molecule has 4 aromatic rings. The van der Waals surface area contributed by atoms with E-state index in [0.717, 1.165) is 88.0 Å². The molecule has 6 rings (SSSR count). The molecule has 0 spiro atoms. The number of methoxy groups -OCH3 is 1. The summed E-state index contributed by atoms with van der Waals surface area (Å²) in [6, 6.07) is 17.1. The Kier molecular flexibility index (Phi) is 10.8. The van der Waals surface area contributed by atoms with Gasteiger partial charge in [0.1, 0.15) is 5.75 Å². The Morgan fingerprint density at radius 2 is 1.73 bits per heavy atom. The molecule has 1 N–H and O–H groups in total. The lowest BCUT2D eigenvalue weighted by atomic mass is 10.1. The summed E-state index contributed by atoms with van der Waals surface area (Å²) in [4.78, 5) is 14.1. The molecule has 0 radical (unpaired) electrons. The van der Waals surface area contributed by atoms with Crippen LogP contribution in [0, 0.1) is 0 Å². The van der Waals surface area contributed by atoms with E-state index >= 15 is 0 Å². The minimum Gasteiger partial charge on any atom is -0.497 e. The molecule has 1 unspecified atom stereocenters. The smallest absolute Gasteiger partial charge is 0.186 e. The maximum atomic E-state index is 5.53. The summed E-state index contributed by atoms with van der Waals surface area (Å²) in [6.45, 7) is 11.0. The summed E-state index contributed by atoms with van der Waals surface area (Å²) < 4.78 is 18.0. The van der Waals surface area contributed by atoms with E-state index in [1.54, 1.807) is 24.6 Å². The third-order valence-corrected chi connectivity index (χ3v) is 8.16. The average molecular weight is 577 g/mol. The maximum Gasteiger partial charge on any atom is 0.186 e. The molecule has 2 fully saturated rings. The summed E-state index contributed by atoms with van der Waals surface area (Å²) in [7, 11) is 1.71. The molecule has 0 saturated carbocycles. The van der Waals surface area contributed by atoms with E-state index in [1.165, 1.54) is 11.1 Å². The molecule has 2 aliphatic rings. The molecule has 218 valence electrons. The first kappa shape index (κ1) is 29.2. The zero-order valence-corrected chi connectivity index (χ0v) is 24.8. The highest BCUT2D eigenvalue weighted by atomic mass is 32.1. The number of imidazole rings is 1. The van der Waals surface area contributed by atoms with Crippen LogP contribution in [0.15, 0.2) is 72.6 Å². The van der Waals surface area contributed by atoms with Gasteiger partial charge in [0.25, 0.3) is 0 Å². The molecule has 9 nitrogen and oxygen atoms in total. The molecule has 41 heavy (non-hydrogen) atoms. The number of morpholine rings is 2. The zero-order chi connectivity index (χ0) is 28.3. The fourth-order valence-electron chi connectivity index (χ4n) is 4.91. The number of benzene rings is 2. The third kappa shape index (κ3) is 8.37. The lowest BCUT2D eigenvalue weighted by molar-refractivity contribution is 0.0192. The quantitative estimate of drug-likeness (QED) is 0.311. The average Bonchev–Trinajstić information content (AvgIpc) is 3.76. The van der Waals surface area contributed by atoms with Crippen LogP contribution in [0.1, 0.15) is 29.8 Å². The topological polar surface area (TPSA) is 76.9 Å². The number of anilines is 1. The number of hydrogen-bond donors (Lipinski definition) is 1. The van der Waals surface area contributed by atoms with Crippen molar-refractivity contribution in [1.29, 1.82) is 0 Å². The van der Waals surface area contributed by atoms with Crippen molar-refractivity contribution < 1.29 is 14.2 Å². The normalized spacial score (nSPS) is 16.4. The van der Waals surface area contributed by atoms with Gasteiger partial charge in [0, 0.05) is 62.7 Å². The second-order valence-corrected chi connectivity index (χ2v) is 10.9. The van der Waals surface area contributed by atoms with E-state index in [-0.39, 0.29) is 6.04 Å². The Morgan fingerprint density at radius 3 is 2.39 bits per heavy atom. The molecular formula is C31H40N6O3S. The summed E-state index contributed by atoms with van der Waals surface area (Å²) in [5.41, 5.74) is 4.63. The Balaban J connectivity index is 0.000000500. The van der Waals surface area contributed by atoms with Crippen molar-refractivity contribution >= 4 is 16.5 Å². The minimum absolute atomic E-state index is 0.270. The van der Waals surface area contributed by atoms with Crippen LogP contribution < -0.4 is 15.0 Å². The molecule has 4 heterocycles. The second kappa shape index (κ2) is 15.1. The molecule has 0 bridgehead atoms. The number of nitrogens with zero attached hydrogens (tertiary/aromatic N) is 5. The summed E-state index contributed by atoms with van der Waals surface area (Å²) >= 11 is 1.71. The van der Waals surface area contributed by atoms with Gasteiger partial charge in [-0.2, -0.15) is 0 Å². The highest BCUT2D eigenvalue weighted by molar-refractivity contribution is 7.13. The number of thiazole rings is 1. The monoisotopic (exact) mass is 576 g/mol. The van der Waals surface area contributed by atoms with Crippen LogP contribution in [0.3, 0.4) is 0 Å². The molecular weight excluding hydrogens is 536 g/mol. The van der Waals surface area contributed by atoms with E-state index in [0.29, 0.717) is 0 Å². The van der Waals surface area contributed by atoms with Gasteiger partial charge in [-0.25, -0.2) is 9.97 Å². The zero-order valence-electron chi connectivity index (χ0n) is 23.9. The summed E-state index contributed by atoms with van der Waals surface area (Å²) in [5, 5.41) is 6.39. The predicted molar refractivity (Wildman–Crippen MR) is 163 cm³/mol.